The van der Waals surface area contributed by atoms with Gasteiger partial charge in [0, 0.05) is 42.7 Å². The highest BCUT2D eigenvalue weighted by Gasteiger charge is 2.57. The first-order chi connectivity index (χ1) is 16.9. The quantitative estimate of drug-likeness (QED) is 0.408. The molecule has 10 nitrogen and oxygen atoms in total. The molecule has 0 radical (unpaired) electrons. The largest absolute Gasteiger partial charge is 0.396 e. The highest BCUT2D eigenvalue weighted by molar-refractivity contribution is 7.93. The summed E-state index contributed by atoms with van der Waals surface area (Å²) in [6.45, 7) is 1.19. The third kappa shape index (κ3) is 5.02. The average Bonchev–Trinajstić information content (AvgIpc) is 3.56. The summed E-state index contributed by atoms with van der Waals surface area (Å²) in [6.07, 6.45) is 1.21. The zero-order valence-corrected chi connectivity index (χ0v) is 21.9. The maximum absolute atomic E-state index is 13.4. The average molecular weight is 539 g/mol. The number of carbonyl (C=O) groups is 2. The van der Waals surface area contributed by atoms with Gasteiger partial charge in [-0.15, -0.1) is 0 Å². The van der Waals surface area contributed by atoms with Gasteiger partial charge in [0.25, 0.3) is 11.8 Å². The first-order valence-corrected chi connectivity index (χ1v) is 13.8. The van der Waals surface area contributed by atoms with Crippen molar-refractivity contribution < 1.29 is 28.2 Å². The fraction of sp³-hybridized carbons (Fsp3) is 0.542. The minimum Gasteiger partial charge on any atom is -0.396 e. The van der Waals surface area contributed by atoms with Crippen molar-refractivity contribution >= 4 is 33.3 Å². The molecule has 1 saturated carbocycles. The third-order valence-electron chi connectivity index (χ3n) is 7.10. The van der Waals surface area contributed by atoms with Gasteiger partial charge in [-0.1, -0.05) is 30.7 Å². The van der Waals surface area contributed by atoms with Gasteiger partial charge >= 0.3 is 0 Å². The summed E-state index contributed by atoms with van der Waals surface area (Å²) >= 11 is 5.90. The third-order valence-corrected chi connectivity index (χ3v) is 10.3. The predicted octanol–water partition coefficient (Wildman–Crippen LogP) is 0.940. The second-order valence-electron chi connectivity index (χ2n) is 10.2. The van der Waals surface area contributed by atoms with Crippen LogP contribution in [0.25, 0.3) is 0 Å². The van der Waals surface area contributed by atoms with E-state index in [0.29, 0.717) is 29.8 Å². The Hall–Kier alpha value is -2.47. The number of aryl methyl sites for hydroxylation is 1. The monoisotopic (exact) mass is 538 g/mol. The summed E-state index contributed by atoms with van der Waals surface area (Å²) in [6, 6.07) is 7.09. The SMILES string of the molecule is Cn1nc(C(=O)NCc2ccc(Cl)cc2)c2c1C(=O)N(CC1(S(=O)(=O)CC(C)(CO)CO)CC1)CC2. The summed E-state index contributed by atoms with van der Waals surface area (Å²) in [5, 5.41) is 26.8. The molecule has 2 heterocycles. The summed E-state index contributed by atoms with van der Waals surface area (Å²) in [5.74, 6) is -1.11. The van der Waals surface area contributed by atoms with Gasteiger partial charge in [0.15, 0.2) is 15.5 Å². The molecule has 0 atom stereocenters. The van der Waals surface area contributed by atoms with Crippen molar-refractivity contribution in [2.75, 3.05) is 32.1 Å². The highest BCUT2D eigenvalue weighted by atomic mass is 35.5. The summed E-state index contributed by atoms with van der Waals surface area (Å²) in [5.41, 5.74) is 0.734. The van der Waals surface area contributed by atoms with Gasteiger partial charge in [-0.05, 0) is 37.0 Å². The van der Waals surface area contributed by atoms with Crippen molar-refractivity contribution in [3.63, 3.8) is 0 Å². The smallest absolute Gasteiger partial charge is 0.272 e. The van der Waals surface area contributed by atoms with Crippen LogP contribution in [-0.4, -0.2) is 81.9 Å². The number of sulfone groups is 1. The van der Waals surface area contributed by atoms with Gasteiger partial charge < -0.3 is 20.4 Å². The second-order valence-corrected chi connectivity index (χ2v) is 13.0. The Morgan fingerprint density at radius 2 is 1.86 bits per heavy atom. The van der Waals surface area contributed by atoms with Crippen molar-refractivity contribution in [2.24, 2.45) is 12.5 Å². The zero-order valence-electron chi connectivity index (χ0n) is 20.3. The number of nitrogens with one attached hydrogen (secondary N) is 1. The fourth-order valence-corrected chi connectivity index (χ4v) is 7.19. The normalized spacial score (nSPS) is 17.1. The number of rotatable bonds is 10. The molecule has 3 N–H and O–H groups in total. The van der Waals surface area contributed by atoms with Gasteiger partial charge in [0.2, 0.25) is 0 Å². The number of carbonyl (C=O) groups excluding carboxylic acids is 2. The van der Waals surface area contributed by atoms with Gasteiger partial charge in [-0.3, -0.25) is 14.3 Å². The van der Waals surface area contributed by atoms with Gasteiger partial charge in [0.1, 0.15) is 5.69 Å². The number of aromatic nitrogens is 2. The maximum atomic E-state index is 13.4. The first-order valence-electron chi connectivity index (χ1n) is 11.8. The number of hydrogen-bond acceptors (Lipinski definition) is 7. The van der Waals surface area contributed by atoms with Crippen LogP contribution in [0.3, 0.4) is 0 Å². The molecule has 2 amide bonds. The van der Waals surface area contributed by atoms with Crippen LogP contribution in [-0.2, 0) is 29.9 Å². The lowest BCUT2D eigenvalue weighted by molar-refractivity contribution is 0.0722. The number of aliphatic hydroxyl groups is 2. The van der Waals surface area contributed by atoms with Crippen LogP contribution < -0.4 is 5.32 Å². The molecule has 0 spiro atoms. The topological polar surface area (TPSA) is 142 Å². The maximum Gasteiger partial charge on any atom is 0.272 e. The molecule has 4 rings (SSSR count). The van der Waals surface area contributed by atoms with Crippen molar-refractivity contribution in [3.05, 3.63) is 51.8 Å². The Kier molecular flexibility index (Phi) is 7.22. The van der Waals surface area contributed by atoms with E-state index in [0.717, 1.165) is 5.56 Å². The minimum absolute atomic E-state index is 0.0316. The van der Waals surface area contributed by atoms with E-state index in [1.165, 1.54) is 16.5 Å². The summed E-state index contributed by atoms with van der Waals surface area (Å²) in [4.78, 5) is 27.7. The Balaban J connectivity index is 1.48. The minimum atomic E-state index is -3.69. The molecule has 0 unspecified atom stereocenters. The van der Waals surface area contributed by atoms with Crippen molar-refractivity contribution in [1.29, 1.82) is 0 Å². The van der Waals surface area contributed by atoms with E-state index in [4.69, 9.17) is 11.6 Å². The lowest BCUT2D eigenvalue weighted by atomic mass is 9.96. The predicted molar refractivity (Wildman–Crippen MR) is 133 cm³/mol. The lowest BCUT2D eigenvalue weighted by Crippen LogP contribution is -2.48. The van der Waals surface area contributed by atoms with Crippen molar-refractivity contribution in [3.8, 4) is 0 Å². The number of benzene rings is 1. The molecule has 0 bridgehead atoms. The van der Waals surface area contributed by atoms with E-state index in [1.54, 1.807) is 19.2 Å². The van der Waals surface area contributed by atoms with E-state index in [2.05, 4.69) is 10.4 Å². The molecule has 36 heavy (non-hydrogen) atoms. The molecule has 1 aliphatic carbocycles. The Labute approximate surface area is 215 Å². The number of amides is 2. The second kappa shape index (κ2) is 9.77. The first kappa shape index (κ1) is 26.6. The van der Waals surface area contributed by atoms with Crippen LogP contribution in [0.4, 0.5) is 0 Å². The molecule has 12 heteroatoms. The molecular formula is C24H31ClN4O6S. The molecule has 2 aromatic rings. The molecule has 196 valence electrons. The van der Waals surface area contributed by atoms with E-state index >= 15 is 0 Å². The number of hydrogen-bond donors (Lipinski definition) is 3. The van der Waals surface area contributed by atoms with Gasteiger partial charge in [-0.25, -0.2) is 8.42 Å². The number of halogens is 1. The Bertz CT molecular complexity index is 1270. The van der Waals surface area contributed by atoms with Crippen LogP contribution in [0.1, 0.15) is 51.9 Å². The molecule has 1 fully saturated rings. The summed E-state index contributed by atoms with van der Waals surface area (Å²) < 4.78 is 26.7. The van der Waals surface area contributed by atoms with Crippen LogP contribution >= 0.6 is 11.6 Å². The molecular weight excluding hydrogens is 508 g/mol. The zero-order chi connectivity index (χ0) is 26.3. The Morgan fingerprint density at radius 3 is 2.44 bits per heavy atom. The standard InChI is InChI=1S/C24H31ClN4O6S/c1-23(13-30,14-31)15-36(34,35)24(8-9-24)12-29-10-7-18-19(27-28(2)20(18)22(29)33)21(32)26-11-16-3-5-17(25)6-4-16/h3-6,30-31H,7-15H2,1-2H3,(H,26,32). The van der Waals surface area contributed by atoms with Crippen molar-refractivity contribution in [2.45, 2.75) is 37.5 Å². The van der Waals surface area contributed by atoms with E-state index < -0.39 is 39.1 Å². The number of fused-ring (bicyclic) bond motifs is 1. The van der Waals surface area contributed by atoms with Crippen LogP contribution in [0.2, 0.25) is 5.02 Å². The molecule has 2 aliphatic rings. The van der Waals surface area contributed by atoms with Gasteiger partial charge in [0.05, 0.1) is 23.7 Å². The van der Waals surface area contributed by atoms with Crippen molar-refractivity contribution in [1.82, 2.24) is 20.0 Å². The summed E-state index contributed by atoms with van der Waals surface area (Å²) in [7, 11) is -2.10. The molecule has 0 saturated heterocycles. The molecule has 1 aromatic heterocycles. The van der Waals surface area contributed by atoms with E-state index in [-0.39, 0.29) is 42.7 Å². The number of aliphatic hydroxyl groups excluding tert-OH is 2. The van der Waals surface area contributed by atoms with Gasteiger partial charge in [-0.2, -0.15) is 5.10 Å². The molecule has 1 aromatic carbocycles. The van der Waals surface area contributed by atoms with E-state index in [9.17, 15) is 28.2 Å². The lowest BCUT2D eigenvalue weighted by Gasteiger charge is -2.33. The fourth-order valence-electron chi connectivity index (χ4n) is 4.58. The van der Waals surface area contributed by atoms with Crippen LogP contribution in [0.15, 0.2) is 24.3 Å². The van der Waals surface area contributed by atoms with Crippen LogP contribution in [0.5, 0.6) is 0 Å². The van der Waals surface area contributed by atoms with Crippen LogP contribution in [0, 0.1) is 5.41 Å². The molecule has 1 aliphatic heterocycles. The number of nitrogens with zero attached hydrogens (tertiary/aromatic N) is 3. The highest BCUT2D eigenvalue weighted by Crippen LogP contribution is 2.46. The van der Waals surface area contributed by atoms with E-state index in [1.807, 2.05) is 12.1 Å². The Morgan fingerprint density at radius 1 is 1.22 bits per heavy atom.